The Morgan fingerprint density at radius 1 is 0.914 bits per heavy atom. The second-order valence-corrected chi connectivity index (χ2v) is 7.83. The molecule has 0 spiro atoms. The molecule has 0 aliphatic heterocycles. The van der Waals surface area contributed by atoms with Crippen LogP contribution in [0.1, 0.15) is 34.3 Å². The Labute approximate surface area is 201 Å². The zero-order chi connectivity index (χ0) is 25.4. The fourth-order valence-corrected chi connectivity index (χ4v) is 3.06. The second-order valence-electron chi connectivity index (χ2n) is 7.83. The van der Waals surface area contributed by atoms with Gasteiger partial charge in [-0.3, -0.25) is 24.5 Å². The van der Waals surface area contributed by atoms with Crippen molar-refractivity contribution in [3.63, 3.8) is 0 Å². The van der Waals surface area contributed by atoms with E-state index in [4.69, 9.17) is 9.47 Å². The van der Waals surface area contributed by atoms with Crippen molar-refractivity contribution in [3.05, 3.63) is 93.5 Å². The number of esters is 1. The standard InChI is InChI=1S/C26H24N2O7/c1-17-3-4-18(2)24(15-17)35-22-11-7-20(8-12-22)27-25(30)13-14-26(31)34-16-23(29)19-5-9-21(10-6-19)28(32)33/h3-12,15H,13-14,16H2,1-2H3,(H,27,30). The molecule has 0 saturated heterocycles. The Morgan fingerprint density at radius 2 is 1.60 bits per heavy atom. The third-order valence-corrected chi connectivity index (χ3v) is 5.03. The van der Waals surface area contributed by atoms with E-state index in [0.717, 1.165) is 16.9 Å². The van der Waals surface area contributed by atoms with Gasteiger partial charge in [-0.15, -0.1) is 0 Å². The molecular formula is C26H24N2O7. The molecule has 9 nitrogen and oxygen atoms in total. The number of carbonyl (C=O) groups excluding carboxylic acids is 3. The van der Waals surface area contributed by atoms with Crippen LogP contribution in [0.3, 0.4) is 0 Å². The first-order valence-corrected chi connectivity index (χ1v) is 10.8. The molecule has 1 amide bonds. The first-order chi connectivity index (χ1) is 16.7. The zero-order valence-electron chi connectivity index (χ0n) is 19.3. The van der Waals surface area contributed by atoms with Crippen molar-refractivity contribution in [2.45, 2.75) is 26.7 Å². The normalized spacial score (nSPS) is 10.3. The van der Waals surface area contributed by atoms with E-state index in [1.165, 1.54) is 24.3 Å². The summed E-state index contributed by atoms with van der Waals surface area (Å²) in [6.45, 7) is 3.43. The molecule has 0 saturated carbocycles. The summed E-state index contributed by atoms with van der Waals surface area (Å²) in [6, 6.07) is 17.8. The number of nitrogens with zero attached hydrogens (tertiary/aromatic N) is 1. The molecule has 0 fully saturated rings. The van der Waals surface area contributed by atoms with E-state index >= 15 is 0 Å². The molecule has 3 rings (SSSR count). The van der Waals surface area contributed by atoms with E-state index < -0.39 is 23.3 Å². The highest BCUT2D eigenvalue weighted by Crippen LogP contribution is 2.27. The highest BCUT2D eigenvalue weighted by atomic mass is 16.6. The summed E-state index contributed by atoms with van der Waals surface area (Å²) < 4.78 is 10.8. The average molecular weight is 476 g/mol. The van der Waals surface area contributed by atoms with E-state index in [9.17, 15) is 24.5 Å². The lowest BCUT2D eigenvalue weighted by atomic mass is 10.1. The van der Waals surface area contributed by atoms with Crippen LogP contribution in [0.2, 0.25) is 0 Å². The number of nitro groups is 1. The van der Waals surface area contributed by atoms with Gasteiger partial charge in [-0.25, -0.2) is 0 Å². The number of nitro benzene ring substituents is 1. The fourth-order valence-electron chi connectivity index (χ4n) is 3.06. The van der Waals surface area contributed by atoms with Crippen molar-refractivity contribution < 1.29 is 28.8 Å². The number of ketones is 1. The number of anilines is 1. The number of aryl methyl sites for hydroxylation is 2. The van der Waals surface area contributed by atoms with Crippen LogP contribution in [-0.2, 0) is 14.3 Å². The number of Topliss-reactive ketones (excluding diaryl/α,β-unsaturated/α-hetero) is 1. The van der Waals surface area contributed by atoms with Gasteiger partial charge in [0.15, 0.2) is 12.4 Å². The fraction of sp³-hybridized carbons (Fsp3) is 0.192. The summed E-state index contributed by atoms with van der Waals surface area (Å²) in [5.74, 6) is -0.203. The van der Waals surface area contributed by atoms with Crippen LogP contribution in [0.15, 0.2) is 66.7 Å². The molecule has 1 N–H and O–H groups in total. The molecule has 0 heterocycles. The number of amides is 1. The summed E-state index contributed by atoms with van der Waals surface area (Å²) >= 11 is 0. The van der Waals surface area contributed by atoms with Crippen LogP contribution in [0.4, 0.5) is 11.4 Å². The highest BCUT2D eigenvalue weighted by Gasteiger charge is 2.14. The monoisotopic (exact) mass is 476 g/mol. The molecule has 35 heavy (non-hydrogen) atoms. The number of hydrogen-bond donors (Lipinski definition) is 1. The minimum absolute atomic E-state index is 0.120. The number of benzene rings is 3. The molecule has 0 radical (unpaired) electrons. The van der Waals surface area contributed by atoms with E-state index in [1.807, 2.05) is 32.0 Å². The minimum atomic E-state index is -0.701. The highest BCUT2D eigenvalue weighted by molar-refractivity contribution is 5.98. The SMILES string of the molecule is Cc1ccc(C)c(Oc2ccc(NC(=O)CCC(=O)OCC(=O)c3ccc([N+](=O)[O-])cc3)cc2)c1. The Kier molecular flexibility index (Phi) is 8.29. The minimum Gasteiger partial charge on any atom is -0.457 e. The number of rotatable bonds is 10. The second kappa shape index (κ2) is 11.6. The van der Waals surface area contributed by atoms with Gasteiger partial charge in [-0.1, -0.05) is 12.1 Å². The van der Waals surface area contributed by atoms with Gasteiger partial charge in [-0.05, 0) is 67.4 Å². The molecular weight excluding hydrogens is 452 g/mol. The lowest BCUT2D eigenvalue weighted by Gasteiger charge is -2.11. The molecule has 3 aromatic rings. The lowest BCUT2D eigenvalue weighted by Crippen LogP contribution is -2.17. The van der Waals surface area contributed by atoms with Crippen LogP contribution in [0.25, 0.3) is 0 Å². The maximum Gasteiger partial charge on any atom is 0.306 e. The Hall–Kier alpha value is -4.53. The van der Waals surface area contributed by atoms with Crippen molar-refractivity contribution in [1.29, 1.82) is 0 Å². The van der Waals surface area contributed by atoms with Gasteiger partial charge in [-0.2, -0.15) is 0 Å². The molecule has 0 aliphatic rings. The predicted octanol–water partition coefficient (Wildman–Crippen LogP) is 5.15. The molecule has 0 aliphatic carbocycles. The third-order valence-electron chi connectivity index (χ3n) is 5.03. The van der Waals surface area contributed by atoms with E-state index in [0.29, 0.717) is 11.4 Å². The van der Waals surface area contributed by atoms with Crippen molar-refractivity contribution in [3.8, 4) is 11.5 Å². The number of carbonyl (C=O) groups is 3. The van der Waals surface area contributed by atoms with Crippen LogP contribution >= 0.6 is 0 Å². The van der Waals surface area contributed by atoms with Gasteiger partial charge in [0.25, 0.3) is 5.69 Å². The molecule has 0 aromatic heterocycles. The van der Waals surface area contributed by atoms with Gasteiger partial charge in [0.05, 0.1) is 11.3 Å². The van der Waals surface area contributed by atoms with Gasteiger partial charge < -0.3 is 14.8 Å². The molecule has 9 heteroatoms. The number of non-ortho nitro benzene ring substituents is 1. The number of nitrogens with one attached hydrogen (secondary N) is 1. The van der Waals surface area contributed by atoms with Gasteiger partial charge in [0, 0.05) is 29.8 Å². The maximum atomic E-state index is 12.1. The molecule has 0 atom stereocenters. The number of hydrogen-bond acceptors (Lipinski definition) is 7. The summed E-state index contributed by atoms with van der Waals surface area (Å²) in [5.41, 5.74) is 2.68. The van der Waals surface area contributed by atoms with Gasteiger partial charge in [0.1, 0.15) is 11.5 Å². The van der Waals surface area contributed by atoms with Crippen molar-refractivity contribution in [2.24, 2.45) is 0 Å². The smallest absolute Gasteiger partial charge is 0.306 e. The van der Waals surface area contributed by atoms with Crippen LogP contribution in [-0.4, -0.2) is 29.2 Å². The lowest BCUT2D eigenvalue weighted by molar-refractivity contribution is -0.384. The summed E-state index contributed by atoms with van der Waals surface area (Å²) in [4.78, 5) is 46.2. The summed E-state index contributed by atoms with van der Waals surface area (Å²) in [7, 11) is 0. The zero-order valence-corrected chi connectivity index (χ0v) is 19.3. The first-order valence-electron chi connectivity index (χ1n) is 10.8. The van der Waals surface area contributed by atoms with Crippen molar-refractivity contribution in [2.75, 3.05) is 11.9 Å². The van der Waals surface area contributed by atoms with Crippen LogP contribution < -0.4 is 10.1 Å². The van der Waals surface area contributed by atoms with E-state index in [-0.39, 0.29) is 30.0 Å². The largest absolute Gasteiger partial charge is 0.457 e. The predicted molar refractivity (Wildman–Crippen MR) is 129 cm³/mol. The molecule has 0 unspecified atom stereocenters. The number of ether oxygens (including phenoxy) is 2. The Balaban J connectivity index is 1.41. The molecule has 3 aromatic carbocycles. The summed E-state index contributed by atoms with van der Waals surface area (Å²) in [6.07, 6.45) is -0.321. The average Bonchev–Trinajstić information content (AvgIpc) is 2.84. The van der Waals surface area contributed by atoms with Crippen LogP contribution in [0.5, 0.6) is 11.5 Å². The van der Waals surface area contributed by atoms with E-state index in [1.54, 1.807) is 24.3 Å². The van der Waals surface area contributed by atoms with Crippen LogP contribution in [0, 0.1) is 24.0 Å². The quantitative estimate of drug-likeness (QED) is 0.186. The Bertz CT molecular complexity index is 1240. The van der Waals surface area contributed by atoms with E-state index in [2.05, 4.69) is 5.32 Å². The third kappa shape index (κ3) is 7.50. The van der Waals surface area contributed by atoms with Gasteiger partial charge in [0.2, 0.25) is 5.91 Å². The summed E-state index contributed by atoms with van der Waals surface area (Å²) in [5, 5.41) is 13.3. The van der Waals surface area contributed by atoms with Gasteiger partial charge >= 0.3 is 5.97 Å². The van der Waals surface area contributed by atoms with Crippen molar-refractivity contribution >= 4 is 29.0 Å². The first kappa shape index (κ1) is 25.1. The van der Waals surface area contributed by atoms with Crippen molar-refractivity contribution in [1.82, 2.24) is 0 Å². The topological polar surface area (TPSA) is 125 Å². The molecule has 0 bridgehead atoms. The molecule has 180 valence electrons. The maximum absolute atomic E-state index is 12.1. The Morgan fingerprint density at radius 3 is 2.26 bits per heavy atom.